The first-order chi connectivity index (χ1) is 9.63. The number of ketones is 1. The van der Waals surface area contributed by atoms with E-state index in [4.69, 9.17) is 16.3 Å². The summed E-state index contributed by atoms with van der Waals surface area (Å²) in [7, 11) is 1.50. The first-order valence-corrected chi connectivity index (χ1v) is 6.33. The summed E-state index contributed by atoms with van der Waals surface area (Å²) in [6.45, 7) is 0. The molecule has 0 atom stereocenters. The number of carbonyl (C=O) groups excluding carboxylic acids is 1. The third-order valence-electron chi connectivity index (χ3n) is 3.20. The maximum Gasteiger partial charge on any atom is 0.276 e. The van der Waals surface area contributed by atoms with Crippen molar-refractivity contribution in [1.82, 2.24) is 0 Å². The number of para-hydroxylation sites is 1. The van der Waals surface area contributed by atoms with Crippen molar-refractivity contribution in [2.75, 3.05) is 7.11 Å². The van der Waals surface area contributed by atoms with Gasteiger partial charge in [0.15, 0.2) is 0 Å². The SMILES string of the molecule is COc1ccccc1C1=[N+]([O-])c2ccc(Cl)cc2C1=O. The van der Waals surface area contributed by atoms with Crippen molar-refractivity contribution in [1.29, 1.82) is 0 Å². The van der Waals surface area contributed by atoms with E-state index in [1.165, 1.54) is 13.2 Å². The van der Waals surface area contributed by atoms with Crippen LogP contribution >= 0.6 is 11.6 Å². The van der Waals surface area contributed by atoms with E-state index >= 15 is 0 Å². The molecule has 0 radical (unpaired) electrons. The summed E-state index contributed by atoms with van der Waals surface area (Å²) >= 11 is 5.88. The van der Waals surface area contributed by atoms with Crippen molar-refractivity contribution < 1.29 is 14.3 Å². The molecule has 0 fully saturated rings. The van der Waals surface area contributed by atoms with Crippen molar-refractivity contribution in [2.45, 2.75) is 0 Å². The second-order valence-electron chi connectivity index (χ2n) is 4.33. The molecular formula is C15H10ClNO3. The van der Waals surface area contributed by atoms with Gasteiger partial charge in [-0.15, -0.1) is 0 Å². The molecule has 0 aromatic heterocycles. The summed E-state index contributed by atoms with van der Waals surface area (Å²) in [5, 5.41) is 12.8. The van der Waals surface area contributed by atoms with Crippen LogP contribution in [0.1, 0.15) is 15.9 Å². The highest BCUT2D eigenvalue weighted by molar-refractivity contribution is 6.52. The highest BCUT2D eigenvalue weighted by Crippen LogP contribution is 2.32. The summed E-state index contributed by atoms with van der Waals surface area (Å²) in [6, 6.07) is 11.6. The van der Waals surface area contributed by atoms with Gasteiger partial charge < -0.3 is 9.94 Å². The molecule has 0 amide bonds. The first-order valence-electron chi connectivity index (χ1n) is 5.95. The standard InChI is InChI=1S/C15H10ClNO3/c1-20-13-5-3-2-4-10(13)14-15(18)11-8-9(16)6-7-12(11)17(14)19/h2-8H,1H3. The van der Waals surface area contributed by atoms with Crippen LogP contribution in [0.4, 0.5) is 5.69 Å². The fourth-order valence-corrected chi connectivity index (χ4v) is 2.45. The summed E-state index contributed by atoms with van der Waals surface area (Å²) in [4.78, 5) is 12.4. The van der Waals surface area contributed by atoms with E-state index in [-0.39, 0.29) is 11.5 Å². The molecule has 20 heavy (non-hydrogen) atoms. The monoisotopic (exact) mass is 287 g/mol. The lowest BCUT2D eigenvalue weighted by Crippen LogP contribution is -2.17. The second kappa shape index (κ2) is 4.65. The molecule has 4 nitrogen and oxygen atoms in total. The van der Waals surface area contributed by atoms with Gasteiger partial charge in [-0.1, -0.05) is 23.7 Å². The molecule has 5 heteroatoms. The van der Waals surface area contributed by atoms with Crippen molar-refractivity contribution in [3.8, 4) is 5.75 Å². The van der Waals surface area contributed by atoms with E-state index in [2.05, 4.69) is 0 Å². The minimum atomic E-state index is -0.345. The lowest BCUT2D eigenvalue weighted by molar-refractivity contribution is -0.355. The number of methoxy groups -OCH3 is 1. The summed E-state index contributed by atoms with van der Waals surface area (Å²) in [5.74, 6) is 0.137. The van der Waals surface area contributed by atoms with Gasteiger partial charge >= 0.3 is 0 Å². The van der Waals surface area contributed by atoms with Crippen LogP contribution in [0.2, 0.25) is 5.02 Å². The Labute approximate surface area is 120 Å². The highest BCUT2D eigenvalue weighted by atomic mass is 35.5. The summed E-state index contributed by atoms with van der Waals surface area (Å²) in [5.41, 5.74) is 1.15. The molecule has 100 valence electrons. The van der Waals surface area contributed by atoms with Crippen molar-refractivity contribution in [3.05, 3.63) is 63.8 Å². The quantitative estimate of drug-likeness (QED) is 0.630. The minimum absolute atomic E-state index is 0.0553. The molecule has 0 saturated heterocycles. The van der Waals surface area contributed by atoms with Gasteiger partial charge in [0, 0.05) is 11.1 Å². The zero-order valence-electron chi connectivity index (χ0n) is 10.6. The Bertz CT molecular complexity index is 753. The fourth-order valence-electron chi connectivity index (χ4n) is 2.28. The van der Waals surface area contributed by atoms with E-state index in [0.29, 0.717) is 32.3 Å². The van der Waals surface area contributed by atoms with Gasteiger partial charge in [-0.3, -0.25) is 4.79 Å². The third-order valence-corrected chi connectivity index (χ3v) is 3.44. The molecular weight excluding hydrogens is 278 g/mol. The molecule has 0 bridgehead atoms. The number of ether oxygens (including phenoxy) is 1. The van der Waals surface area contributed by atoms with Gasteiger partial charge in [-0.2, -0.15) is 4.74 Å². The summed E-state index contributed by atoms with van der Waals surface area (Å²) < 4.78 is 5.84. The van der Waals surface area contributed by atoms with Crippen LogP contribution in [-0.2, 0) is 0 Å². The Kier molecular flexibility index (Phi) is 2.95. The Morgan fingerprint density at radius 2 is 1.90 bits per heavy atom. The number of rotatable bonds is 2. The Balaban J connectivity index is 2.22. The molecule has 3 rings (SSSR count). The number of fused-ring (bicyclic) bond motifs is 1. The van der Waals surface area contributed by atoms with Crippen LogP contribution in [0.15, 0.2) is 42.5 Å². The van der Waals surface area contributed by atoms with E-state index < -0.39 is 0 Å². The lowest BCUT2D eigenvalue weighted by Gasteiger charge is -2.06. The zero-order valence-corrected chi connectivity index (χ0v) is 11.3. The molecule has 0 unspecified atom stereocenters. The largest absolute Gasteiger partial charge is 0.618 e. The van der Waals surface area contributed by atoms with Crippen LogP contribution in [0, 0.1) is 5.21 Å². The average molecular weight is 288 g/mol. The predicted octanol–water partition coefficient (Wildman–Crippen LogP) is 3.18. The number of hydrogen-bond acceptors (Lipinski definition) is 3. The number of hydrogen-bond donors (Lipinski definition) is 0. The van der Waals surface area contributed by atoms with Crippen molar-refractivity contribution in [2.24, 2.45) is 0 Å². The van der Waals surface area contributed by atoms with Gasteiger partial charge in [0.1, 0.15) is 11.3 Å². The van der Waals surface area contributed by atoms with Gasteiger partial charge in [-0.25, -0.2) is 0 Å². The molecule has 1 aliphatic rings. The number of halogens is 1. The summed E-state index contributed by atoms with van der Waals surface area (Å²) in [6.07, 6.45) is 0. The fraction of sp³-hybridized carbons (Fsp3) is 0.0667. The molecule has 0 spiro atoms. The van der Waals surface area contributed by atoms with Crippen molar-refractivity contribution in [3.63, 3.8) is 0 Å². The molecule has 1 heterocycles. The maximum atomic E-state index is 12.4. The molecule has 2 aromatic carbocycles. The van der Waals surface area contributed by atoms with Gasteiger partial charge in [0.25, 0.3) is 11.5 Å². The lowest BCUT2D eigenvalue weighted by atomic mass is 10.0. The zero-order chi connectivity index (χ0) is 14.3. The maximum absolute atomic E-state index is 12.4. The number of benzene rings is 2. The van der Waals surface area contributed by atoms with Crippen LogP contribution in [0.5, 0.6) is 5.75 Å². The third kappa shape index (κ3) is 1.77. The number of nitrogens with zero attached hydrogens (tertiary/aromatic N) is 1. The molecule has 0 saturated carbocycles. The van der Waals surface area contributed by atoms with E-state index in [0.717, 1.165) is 0 Å². The van der Waals surface area contributed by atoms with E-state index in [1.54, 1.807) is 36.4 Å². The topological polar surface area (TPSA) is 52.4 Å². The Morgan fingerprint density at radius 3 is 2.65 bits per heavy atom. The van der Waals surface area contributed by atoms with Crippen LogP contribution in [0.25, 0.3) is 0 Å². The average Bonchev–Trinajstić information content (AvgIpc) is 2.70. The minimum Gasteiger partial charge on any atom is -0.618 e. The number of Topliss-reactive ketones (excluding diaryl/α,β-unsaturated/α-hetero) is 1. The van der Waals surface area contributed by atoms with Gasteiger partial charge in [-0.05, 0) is 24.3 Å². The first kappa shape index (κ1) is 12.7. The molecule has 1 aliphatic heterocycles. The molecule has 0 aliphatic carbocycles. The normalized spacial score (nSPS) is 13.6. The van der Waals surface area contributed by atoms with Crippen LogP contribution in [-0.4, -0.2) is 23.3 Å². The second-order valence-corrected chi connectivity index (χ2v) is 4.77. The van der Waals surface area contributed by atoms with Crippen LogP contribution in [0.3, 0.4) is 0 Å². The number of carbonyl (C=O) groups is 1. The van der Waals surface area contributed by atoms with E-state index in [9.17, 15) is 10.0 Å². The predicted molar refractivity (Wildman–Crippen MR) is 76.2 cm³/mol. The molecule has 2 aromatic rings. The molecule has 0 N–H and O–H groups in total. The van der Waals surface area contributed by atoms with E-state index in [1.807, 2.05) is 0 Å². The van der Waals surface area contributed by atoms with Gasteiger partial charge in [0.05, 0.1) is 12.7 Å². The van der Waals surface area contributed by atoms with Gasteiger partial charge in [0.2, 0.25) is 5.69 Å². The highest BCUT2D eigenvalue weighted by Gasteiger charge is 2.38. The Morgan fingerprint density at radius 1 is 1.15 bits per heavy atom. The van der Waals surface area contributed by atoms with Crippen LogP contribution < -0.4 is 4.74 Å². The smallest absolute Gasteiger partial charge is 0.276 e. The van der Waals surface area contributed by atoms with Crippen molar-refractivity contribution >= 4 is 28.8 Å². The Hall–Kier alpha value is -2.33.